The summed E-state index contributed by atoms with van der Waals surface area (Å²) in [5.41, 5.74) is 1.29. The Morgan fingerprint density at radius 2 is 2.00 bits per heavy atom. The van der Waals surface area contributed by atoms with Gasteiger partial charge in [-0.1, -0.05) is 39.0 Å². The number of aryl methyl sites for hydroxylation is 1. The van der Waals surface area contributed by atoms with Crippen molar-refractivity contribution in [2.45, 2.75) is 58.4 Å². The van der Waals surface area contributed by atoms with Crippen molar-refractivity contribution in [3.63, 3.8) is 0 Å². The molecule has 1 rings (SSSR count). The molecule has 1 N–H and O–H groups in total. The molecule has 1 heterocycles. The lowest BCUT2D eigenvalue weighted by molar-refractivity contribution is 0.487. The van der Waals surface area contributed by atoms with Gasteiger partial charge in [-0.2, -0.15) is 0 Å². The highest BCUT2D eigenvalue weighted by molar-refractivity contribution is 5.16. The van der Waals surface area contributed by atoms with Gasteiger partial charge < -0.3 is 9.73 Å². The predicted octanol–water partition coefficient (Wildman–Crippen LogP) is 4.21. The Labute approximate surface area is 99.4 Å². The van der Waals surface area contributed by atoms with Gasteiger partial charge >= 0.3 is 0 Å². The fourth-order valence-corrected chi connectivity index (χ4v) is 2.08. The molecule has 0 fully saturated rings. The maximum Gasteiger partial charge on any atom is 0.101 e. The van der Waals surface area contributed by atoms with Gasteiger partial charge in [0.25, 0.3) is 0 Å². The summed E-state index contributed by atoms with van der Waals surface area (Å²) in [7, 11) is 2.03. The molecule has 0 saturated heterocycles. The van der Waals surface area contributed by atoms with Gasteiger partial charge in [-0.3, -0.25) is 0 Å². The number of furan rings is 1. The van der Waals surface area contributed by atoms with E-state index in [1.165, 1.54) is 44.1 Å². The molecule has 16 heavy (non-hydrogen) atoms. The van der Waals surface area contributed by atoms with Crippen LogP contribution >= 0.6 is 0 Å². The number of rotatable bonds is 8. The first-order chi connectivity index (χ1) is 7.77. The molecule has 0 aliphatic rings. The van der Waals surface area contributed by atoms with E-state index in [4.69, 9.17) is 4.42 Å². The van der Waals surface area contributed by atoms with E-state index in [0.29, 0.717) is 6.04 Å². The Bertz CT molecular complexity index is 280. The molecule has 1 aromatic heterocycles. The van der Waals surface area contributed by atoms with E-state index in [9.17, 15) is 0 Å². The third-order valence-electron chi connectivity index (χ3n) is 3.10. The summed E-state index contributed by atoms with van der Waals surface area (Å²) >= 11 is 0. The van der Waals surface area contributed by atoms with Crippen LogP contribution in [-0.4, -0.2) is 7.05 Å². The molecular weight excluding hydrogens is 198 g/mol. The maximum absolute atomic E-state index is 5.35. The Kier molecular flexibility index (Phi) is 6.24. The lowest BCUT2D eigenvalue weighted by Crippen LogP contribution is -2.15. The van der Waals surface area contributed by atoms with Crippen molar-refractivity contribution >= 4 is 0 Å². The average molecular weight is 223 g/mol. The molecule has 92 valence electrons. The summed E-state index contributed by atoms with van der Waals surface area (Å²) in [6, 6.07) is 2.59. The minimum atomic E-state index is 0.457. The van der Waals surface area contributed by atoms with E-state index >= 15 is 0 Å². The van der Waals surface area contributed by atoms with Crippen LogP contribution in [0.5, 0.6) is 0 Å². The summed E-state index contributed by atoms with van der Waals surface area (Å²) in [5.74, 6) is 1.00. The quantitative estimate of drug-likeness (QED) is 0.668. The second-order valence-corrected chi connectivity index (χ2v) is 4.53. The van der Waals surface area contributed by atoms with Crippen molar-refractivity contribution in [1.82, 2.24) is 5.32 Å². The summed E-state index contributed by atoms with van der Waals surface area (Å²) in [6.45, 7) is 4.25. The molecule has 0 aliphatic heterocycles. The molecule has 0 amide bonds. The minimum absolute atomic E-state index is 0.457. The van der Waals surface area contributed by atoms with Crippen LogP contribution in [0.2, 0.25) is 0 Å². The largest absolute Gasteiger partial charge is 0.469 e. The van der Waals surface area contributed by atoms with Gasteiger partial charge in [0.05, 0.1) is 6.26 Å². The van der Waals surface area contributed by atoms with Gasteiger partial charge in [-0.25, -0.2) is 0 Å². The molecule has 1 unspecified atom stereocenters. The van der Waals surface area contributed by atoms with Crippen LogP contribution in [0.3, 0.4) is 0 Å². The lowest BCUT2D eigenvalue weighted by atomic mass is 10.0. The monoisotopic (exact) mass is 223 g/mol. The Morgan fingerprint density at radius 1 is 1.25 bits per heavy atom. The normalized spacial score (nSPS) is 12.9. The van der Waals surface area contributed by atoms with Crippen LogP contribution < -0.4 is 5.32 Å². The number of hydrogen-bond donors (Lipinski definition) is 1. The van der Waals surface area contributed by atoms with Crippen molar-refractivity contribution in [3.05, 3.63) is 23.7 Å². The molecule has 0 radical (unpaired) electrons. The van der Waals surface area contributed by atoms with Crippen LogP contribution in [0.25, 0.3) is 0 Å². The van der Waals surface area contributed by atoms with Crippen LogP contribution in [-0.2, 0) is 0 Å². The lowest BCUT2D eigenvalue weighted by Gasteiger charge is -2.13. The van der Waals surface area contributed by atoms with Gasteiger partial charge in [0.2, 0.25) is 0 Å². The first kappa shape index (κ1) is 13.3. The van der Waals surface area contributed by atoms with E-state index in [2.05, 4.69) is 18.3 Å². The van der Waals surface area contributed by atoms with Gasteiger partial charge in [0.1, 0.15) is 5.76 Å². The minimum Gasteiger partial charge on any atom is -0.469 e. The Hall–Kier alpha value is -0.760. The fourth-order valence-electron chi connectivity index (χ4n) is 2.08. The van der Waals surface area contributed by atoms with E-state index < -0.39 is 0 Å². The smallest absolute Gasteiger partial charge is 0.101 e. The van der Waals surface area contributed by atoms with E-state index in [1.807, 2.05) is 20.2 Å². The molecule has 0 bridgehead atoms. The highest BCUT2D eigenvalue weighted by Gasteiger charge is 2.10. The molecular formula is C14H25NO. The standard InChI is InChI=1S/C14H25NO/c1-4-5-6-7-8-9-14(15-3)13-10-12(2)16-11-13/h10-11,14-15H,4-9H2,1-3H3. The second kappa shape index (κ2) is 7.50. The van der Waals surface area contributed by atoms with Crippen LogP contribution in [0.4, 0.5) is 0 Å². The number of nitrogens with one attached hydrogen (secondary N) is 1. The highest BCUT2D eigenvalue weighted by Crippen LogP contribution is 2.21. The van der Waals surface area contributed by atoms with Crippen LogP contribution in [0, 0.1) is 6.92 Å². The van der Waals surface area contributed by atoms with E-state index in [0.717, 1.165) is 5.76 Å². The third-order valence-corrected chi connectivity index (χ3v) is 3.10. The Morgan fingerprint density at radius 3 is 2.56 bits per heavy atom. The van der Waals surface area contributed by atoms with Crippen molar-refractivity contribution in [2.75, 3.05) is 7.05 Å². The first-order valence-electron chi connectivity index (χ1n) is 6.50. The van der Waals surface area contributed by atoms with Crippen LogP contribution in [0.1, 0.15) is 62.8 Å². The van der Waals surface area contributed by atoms with E-state index in [-0.39, 0.29) is 0 Å². The number of unbranched alkanes of at least 4 members (excludes halogenated alkanes) is 4. The fraction of sp³-hybridized carbons (Fsp3) is 0.714. The summed E-state index contributed by atoms with van der Waals surface area (Å²) in [5, 5.41) is 3.36. The van der Waals surface area contributed by atoms with Gasteiger partial charge in [-0.05, 0) is 26.5 Å². The summed E-state index contributed by atoms with van der Waals surface area (Å²) in [6.07, 6.45) is 9.79. The van der Waals surface area contributed by atoms with Gasteiger partial charge in [0, 0.05) is 11.6 Å². The van der Waals surface area contributed by atoms with Crippen molar-refractivity contribution in [3.8, 4) is 0 Å². The zero-order valence-electron chi connectivity index (χ0n) is 10.9. The first-order valence-corrected chi connectivity index (χ1v) is 6.50. The summed E-state index contributed by atoms with van der Waals surface area (Å²) in [4.78, 5) is 0. The second-order valence-electron chi connectivity index (χ2n) is 4.53. The summed E-state index contributed by atoms with van der Waals surface area (Å²) < 4.78 is 5.35. The third kappa shape index (κ3) is 4.40. The molecule has 2 heteroatoms. The van der Waals surface area contributed by atoms with Crippen molar-refractivity contribution in [2.24, 2.45) is 0 Å². The molecule has 1 atom stereocenters. The Balaban J connectivity index is 2.27. The van der Waals surface area contributed by atoms with Crippen LogP contribution in [0.15, 0.2) is 16.7 Å². The molecule has 0 aromatic carbocycles. The molecule has 1 aromatic rings. The predicted molar refractivity (Wildman–Crippen MR) is 68.6 cm³/mol. The highest BCUT2D eigenvalue weighted by atomic mass is 16.3. The zero-order chi connectivity index (χ0) is 11.8. The average Bonchev–Trinajstić information content (AvgIpc) is 2.70. The van der Waals surface area contributed by atoms with E-state index in [1.54, 1.807) is 0 Å². The zero-order valence-corrected chi connectivity index (χ0v) is 10.9. The van der Waals surface area contributed by atoms with Crippen molar-refractivity contribution in [1.29, 1.82) is 0 Å². The molecule has 0 spiro atoms. The van der Waals surface area contributed by atoms with Gasteiger partial charge in [-0.15, -0.1) is 0 Å². The molecule has 2 nitrogen and oxygen atoms in total. The SMILES string of the molecule is CCCCCCCC(NC)c1coc(C)c1. The molecule has 0 saturated carbocycles. The number of hydrogen-bond acceptors (Lipinski definition) is 2. The molecule has 0 aliphatic carbocycles. The van der Waals surface area contributed by atoms with Crippen molar-refractivity contribution < 1.29 is 4.42 Å². The topological polar surface area (TPSA) is 25.2 Å². The maximum atomic E-state index is 5.35. The van der Waals surface area contributed by atoms with Gasteiger partial charge in [0.15, 0.2) is 0 Å².